The van der Waals surface area contributed by atoms with Crippen molar-refractivity contribution in [3.63, 3.8) is 0 Å². The Balaban J connectivity index is 1.84. The number of thioether (sulfide) groups is 1. The van der Waals surface area contributed by atoms with Gasteiger partial charge in [-0.2, -0.15) is 0 Å². The molecule has 2 amide bonds. The maximum Gasteiger partial charge on any atom is 0.243 e. The predicted octanol–water partition coefficient (Wildman–Crippen LogP) is 6.75. The minimum atomic E-state index is -0.621. The van der Waals surface area contributed by atoms with E-state index < -0.39 is 6.04 Å². The number of nitrogens with zero attached hydrogens (tertiary/aromatic N) is 1. The van der Waals surface area contributed by atoms with E-state index >= 15 is 0 Å². The highest BCUT2D eigenvalue weighted by atomic mass is 79.9. The molecular weight excluding hydrogens is 556 g/mol. The summed E-state index contributed by atoms with van der Waals surface area (Å²) >= 11 is 11.2. The lowest BCUT2D eigenvalue weighted by Crippen LogP contribution is -2.51. The van der Waals surface area contributed by atoms with Crippen LogP contribution in [0.2, 0.25) is 5.02 Å². The summed E-state index contributed by atoms with van der Waals surface area (Å²) in [5, 5.41) is 3.74. The van der Waals surface area contributed by atoms with Crippen LogP contribution in [0.15, 0.2) is 83.3 Å². The maximum absolute atomic E-state index is 13.7. The molecule has 0 saturated carbocycles. The summed E-state index contributed by atoms with van der Waals surface area (Å²) in [5.74, 6) is 1.05. The first-order valence-electron chi connectivity index (χ1n) is 12.0. The molecule has 1 unspecified atom stereocenters. The second-order valence-electron chi connectivity index (χ2n) is 9.12. The largest absolute Gasteiger partial charge is 0.354 e. The summed E-state index contributed by atoms with van der Waals surface area (Å²) in [5.41, 5.74) is 3.04. The topological polar surface area (TPSA) is 49.4 Å². The molecule has 3 rings (SSSR count). The third kappa shape index (κ3) is 9.30. The van der Waals surface area contributed by atoms with Crippen molar-refractivity contribution in [2.45, 2.75) is 38.6 Å². The van der Waals surface area contributed by atoms with Gasteiger partial charge in [-0.3, -0.25) is 9.59 Å². The zero-order chi connectivity index (χ0) is 25.9. The van der Waals surface area contributed by atoms with Crippen LogP contribution in [0.3, 0.4) is 0 Å². The van der Waals surface area contributed by atoms with Crippen LogP contribution in [-0.2, 0) is 28.3 Å². The van der Waals surface area contributed by atoms with Gasteiger partial charge in [0.25, 0.3) is 0 Å². The third-order valence-electron chi connectivity index (χ3n) is 5.58. The van der Waals surface area contributed by atoms with Gasteiger partial charge in [-0.15, -0.1) is 11.8 Å². The molecule has 0 aliphatic carbocycles. The number of nitrogens with one attached hydrogen (secondary N) is 1. The molecule has 0 spiro atoms. The van der Waals surface area contributed by atoms with Crippen molar-refractivity contribution < 1.29 is 9.59 Å². The van der Waals surface area contributed by atoms with Crippen LogP contribution in [0.5, 0.6) is 0 Å². The Kier molecular flexibility index (Phi) is 11.4. The van der Waals surface area contributed by atoms with E-state index in [4.69, 9.17) is 11.6 Å². The quantitative estimate of drug-likeness (QED) is 0.255. The lowest BCUT2D eigenvalue weighted by atomic mass is 10.0. The first-order chi connectivity index (χ1) is 17.3. The van der Waals surface area contributed by atoms with Crippen molar-refractivity contribution in [2.75, 3.05) is 12.3 Å². The van der Waals surface area contributed by atoms with Crippen molar-refractivity contribution in [3.05, 3.63) is 105 Å². The van der Waals surface area contributed by atoms with Crippen molar-refractivity contribution in [2.24, 2.45) is 5.92 Å². The van der Waals surface area contributed by atoms with Crippen LogP contribution in [0, 0.1) is 5.92 Å². The first-order valence-corrected chi connectivity index (χ1v) is 14.3. The van der Waals surface area contributed by atoms with Gasteiger partial charge in [-0.1, -0.05) is 96.0 Å². The SMILES string of the molecule is CC(C)CNC(=O)C(Cc1ccccc1)N(Cc1cccc(Br)c1)C(=O)CSCc1cccc(Cl)c1. The first kappa shape index (κ1) is 28.3. The van der Waals surface area contributed by atoms with E-state index in [1.165, 1.54) is 11.8 Å². The molecule has 0 bridgehead atoms. The number of halogens is 2. The van der Waals surface area contributed by atoms with Crippen molar-refractivity contribution in [3.8, 4) is 0 Å². The molecule has 0 aliphatic rings. The Morgan fingerprint density at radius 3 is 2.33 bits per heavy atom. The van der Waals surface area contributed by atoms with E-state index in [9.17, 15) is 9.59 Å². The monoisotopic (exact) mass is 586 g/mol. The number of rotatable bonds is 12. The average Bonchev–Trinajstić information content (AvgIpc) is 2.85. The smallest absolute Gasteiger partial charge is 0.243 e. The number of carbonyl (C=O) groups excluding carboxylic acids is 2. The van der Waals surface area contributed by atoms with E-state index in [0.717, 1.165) is 21.2 Å². The molecule has 4 nitrogen and oxygen atoms in total. The minimum absolute atomic E-state index is 0.0670. The van der Waals surface area contributed by atoms with Gasteiger partial charge in [-0.05, 0) is 46.9 Å². The second-order valence-corrected chi connectivity index (χ2v) is 11.5. The standard InChI is InChI=1S/C29H32BrClN2O2S/c1-21(2)17-32-29(35)27(16-22-8-4-3-5-9-22)33(18-23-10-6-12-25(30)14-23)28(34)20-36-19-24-11-7-13-26(31)15-24/h3-15,21,27H,16-20H2,1-2H3,(H,32,35). The average molecular weight is 588 g/mol. The fraction of sp³-hybridized carbons (Fsp3) is 0.310. The Bertz CT molecular complexity index is 1140. The van der Waals surface area contributed by atoms with Gasteiger partial charge < -0.3 is 10.2 Å². The highest BCUT2D eigenvalue weighted by Crippen LogP contribution is 2.21. The number of benzene rings is 3. The van der Waals surface area contributed by atoms with Crippen LogP contribution in [0.1, 0.15) is 30.5 Å². The third-order valence-corrected chi connectivity index (χ3v) is 7.30. The Morgan fingerprint density at radius 1 is 0.944 bits per heavy atom. The molecule has 0 fully saturated rings. The highest BCUT2D eigenvalue weighted by molar-refractivity contribution is 9.10. The van der Waals surface area contributed by atoms with E-state index in [1.54, 1.807) is 4.90 Å². The normalized spacial score (nSPS) is 11.8. The van der Waals surface area contributed by atoms with Crippen molar-refractivity contribution in [1.82, 2.24) is 10.2 Å². The highest BCUT2D eigenvalue weighted by Gasteiger charge is 2.30. The molecule has 0 radical (unpaired) electrons. The molecule has 1 N–H and O–H groups in total. The van der Waals surface area contributed by atoms with Crippen LogP contribution in [-0.4, -0.2) is 35.1 Å². The molecule has 1 atom stereocenters. The summed E-state index contributed by atoms with van der Waals surface area (Å²) in [7, 11) is 0. The summed E-state index contributed by atoms with van der Waals surface area (Å²) in [6.45, 7) is 5.03. The Hall–Kier alpha value is -2.28. The fourth-order valence-corrected chi connectivity index (χ4v) is 5.29. The lowest BCUT2D eigenvalue weighted by Gasteiger charge is -2.32. The summed E-state index contributed by atoms with van der Waals surface area (Å²) < 4.78 is 0.937. The number of amides is 2. The van der Waals surface area contributed by atoms with Crippen LogP contribution >= 0.6 is 39.3 Å². The maximum atomic E-state index is 13.7. The zero-order valence-corrected chi connectivity index (χ0v) is 23.8. The molecule has 36 heavy (non-hydrogen) atoms. The van der Waals surface area contributed by atoms with Gasteiger partial charge in [0.2, 0.25) is 11.8 Å². The van der Waals surface area contributed by atoms with E-state index in [-0.39, 0.29) is 17.6 Å². The van der Waals surface area contributed by atoms with Gasteiger partial charge in [0.05, 0.1) is 5.75 Å². The van der Waals surface area contributed by atoms with Crippen molar-refractivity contribution in [1.29, 1.82) is 0 Å². The second kappa shape index (κ2) is 14.5. The van der Waals surface area contributed by atoms with Gasteiger partial charge in [0, 0.05) is 34.8 Å². The fourth-order valence-electron chi connectivity index (χ4n) is 3.77. The number of carbonyl (C=O) groups is 2. The molecule has 0 aromatic heterocycles. The molecule has 0 heterocycles. The Labute approximate surface area is 231 Å². The van der Waals surface area contributed by atoms with E-state index in [2.05, 4.69) is 35.1 Å². The summed E-state index contributed by atoms with van der Waals surface area (Å²) in [6, 6.07) is 24.8. The molecular formula is C29H32BrClN2O2S. The molecule has 3 aromatic carbocycles. The van der Waals surface area contributed by atoms with Gasteiger partial charge in [0.15, 0.2) is 0 Å². The van der Waals surface area contributed by atoms with Crippen LogP contribution in [0.25, 0.3) is 0 Å². The molecule has 0 saturated heterocycles. The van der Waals surface area contributed by atoms with Crippen LogP contribution < -0.4 is 5.32 Å². The minimum Gasteiger partial charge on any atom is -0.354 e. The summed E-state index contributed by atoms with van der Waals surface area (Å²) in [4.78, 5) is 28.8. The number of hydrogen-bond acceptors (Lipinski definition) is 3. The van der Waals surface area contributed by atoms with E-state index in [0.29, 0.717) is 36.2 Å². The molecule has 190 valence electrons. The zero-order valence-electron chi connectivity index (χ0n) is 20.6. The van der Waals surface area contributed by atoms with Gasteiger partial charge >= 0.3 is 0 Å². The predicted molar refractivity (Wildman–Crippen MR) is 154 cm³/mol. The molecule has 7 heteroatoms. The van der Waals surface area contributed by atoms with Crippen molar-refractivity contribution >= 4 is 51.1 Å². The lowest BCUT2D eigenvalue weighted by molar-refractivity contribution is -0.139. The molecule has 0 aliphatic heterocycles. The number of hydrogen-bond donors (Lipinski definition) is 1. The molecule has 3 aromatic rings. The van der Waals surface area contributed by atoms with Gasteiger partial charge in [0.1, 0.15) is 6.04 Å². The summed E-state index contributed by atoms with van der Waals surface area (Å²) in [6.07, 6.45) is 0.448. The Morgan fingerprint density at radius 2 is 1.64 bits per heavy atom. The van der Waals surface area contributed by atoms with Crippen LogP contribution in [0.4, 0.5) is 0 Å². The van der Waals surface area contributed by atoms with E-state index in [1.807, 2.05) is 78.9 Å². The van der Waals surface area contributed by atoms with Gasteiger partial charge in [-0.25, -0.2) is 0 Å².